The Kier molecular flexibility index (Phi) is 4.31. The predicted molar refractivity (Wildman–Crippen MR) is 68.3 cm³/mol. The minimum absolute atomic E-state index is 0.196. The van der Waals surface area contributed by atoms with E-state index in [1.54, 1.807) is 0 Å². The van der Waals surface area contributed by atoms with Crippen LogP contribution in [-0.2, 0) is 10.0 Å². The molecule has 0 aliphatic rings. The number of nitrogens with one attached hydrogen (secondary N) is 1. The van der Waals surface area contributed by atoms with Crippen LogP contribution in [0.4, 0.5) is 0 Å². The summed E-state index contributed by atoms with van der Waals surface area (Å²) in [6.45, 7) is 5.77. The van der Waals surface area contributed by atoms with Crippen LogP contribution in [-0.4, -0.2) is 14.0 Å². The van der Waals surface area contributed by atoms with Crippen molar-refractivity contribution in [2.75, 3.05) is 0 Å². The third kappa shape index (κ3) is 3.28. The molecule has 0 aliphatic carbocycles. The fraction of sp³-hybridized carbons (Fsp3) is 0.545. The Labute approximate surface area is 106 Å². The lowest BCUT2D eigenvalue weighted by atomic mass is 9.98. The summed E-state index contributed by atoms with van der Waals surface area (Å²) in [5.74, 6) is 0. The zero-order valence-corrected chi connectivity index (χ0v) is 11.8. The van der Waals surface area contributed by atoms with Crippen molar-refractivity contribution in [3.8, 4) is 6.07 Å². The van der Waals surface area contributed by atoms with E-state index in [0.29, 0.717) is 4.88 Å². The van der Waals surface area contributed by atoms with Crippen molar-refractivity contribution in [1.29, 1.82) is 5.26 Å². The van der Waals surface area contributed by atoms with E-state index in [1.165, 1.54) is 12.1 Å². The standard InChI is InChI=1S/C11H16N2O2S2/c1-4-11(3,5-2)13-17(14,15)10-7-6-9(8-12)16-10/h6-7,13H,4-5H2,1-3H3. The summed E-state index contributed by atoms with van der Waals surface area (Å²) in [6, 6.07) is 4.93. The second kappa shape index (κ2) is 5.17. The summed E-state index contributed by atoms with van der Waals surface area (Å²) in [5.41, 5.74) is -0.435. The molecule has 0 bridgehead atoms. The molecule has 0 atom stereocenters. The lowest BCUT2D eigenvalue weighted by molar-refractivity contribution is 0.389. The molecule has 0 unspecified atom stereocenters. The molecular formula is C11H16N2O2S2. The number of hydrogen-bond acceptors (Lipinski definition) is 4. The Morgan fingerprint density at radius 2 is 2.00 bits per heavy atom. The molecule has 1 aromatic rings. The number of nitrogens with zero attached hydrogens (tertiary/aromatic N) is 1. The Morgan fingerprint density at radius 3 is 2.41 bits per heavy atom. The van der Waals surface area contributed by atoms with Gasteiger partial charge in [0, 0.05) is 5.54 Å². The second-order valence-electron chi connectivity index (χ2n) is 4.10. The highest BCUT2D eigenvalue weighted by atomic mass is 32.2. The molecule has 6 heteroatoms. The molecule has 0 saturated heterocycles. The van der Waals surface area contributed by atoms with E-state index >= 15 is 0 Å². The first kappa shape index (κ1) is 14.2. The van der Waals surface area contributed by atoms with E-state index in [9.17, 15) is 8.42 Å². The topological polar surface area (TPSA) is 70.0 Å². The van der Waals surface area contributed by atoms with Crippen LogP contribution in [0.5, 0.6) is 0 Å². The highest BCUT2D eigenvalue weighted by Crippen LogP contribution is 2.24. The average Bonchev–Trinajstić information content (AvgIpc) is 2.77. The van der Waals surface area contributed by atoms with Crippen LogP contribution in [0.25, 0.3) is 0 Å². The van der Waals surface area contributed by atoms with Gasteiger partial charge in [-0.1, -0.05) is 13.8 Å². The summed E-state index contributed by atoms with van der Waals surface area (Å²) in [5, 5.41) is 8.69. The highest BCUT2D eigenvalue weighted by molar-refractivity contribution is 7.91. The number of sulfonamides is 1. The Balaban J connectivity index is 3.01. The molecule has 0 radical (unpaired) electrons. The average molecular weight is 272 g/mol. The van der Waals surface area contributed by atoms with Gasteiger partial charge in [-0.3, -0.25) is 0 Å². The fourth-order valence-electron chi connectivity index (χ4n) is 1.29. The lowest BCUT2D eigenvalue weighted by Crippen LogP contribution is -2.44. The number of rotatable bonds is 5. The minimum atomic E-state index is -3.51. The van der Waals surface area contributed by atoms with Crippen molar-refractivity contribution < 1.29 is 8.42 Å². The van der Waals surface area contributed by atoms with Crippen molar-refractivity contribution >= 4 is 21.4 Å². The van der Waals surface area contributed by atoms with Crippen LogP contribution >= 0.6 is 11.3 Å². The van der Waals surface area contributed by atoms with Crippen molar-refractivity contribution in [3.63, 3.8) is 0 Å². The van der Waals surface area contributed by atoms with Crippen LogP contribution in [0.15, 0.2) is 16.3 Å². The minimum Gasteiger partial charge on any atom is -0.206 e. The number of thiophene rings is 1. The molecule has 1 aromatic heterocycles. The largest absolute Gasteiger partial charge is 0.250 e. The van der Waals surface area contributed by atoms with E-state index in [0.717, 1.165) is 24.2 Å². The third-order valence-electron chi connectivity index (χ3n) is 2.90. The van der Waals surface area contributed by atoms with Gasteiger partial charge in [0.1, 0.15) is 15.2 Å². The molecule has 0 fully saturated rings. The molecule has 0 amide bonds. The van der Waals surface area contributed by atoms with Crippen LogP contribution in [0.3, 0.4) is 0 Å². The van der Waals surface area contributed by atoms with Gasteiger partial charge in [0.15, 0.2) is 0 Å². The monoisotopic (exact) mass is 272 g/mol. The molecule has 0 spiro atoms. The van der Waals surface area contributed by atoms with Gasteiger partial charge >= 0.3 is 0 Å². The van der Waals surface area contributed by atoms with E-state index in [2.05, 4.69) is 4.72 Å². The molecule has 0 saturated carbocycles. The van der Waals surface area contributed by atoms with E-state index in [1.807, 2.05) is 26.8 Å². The zero-order valence-electron chi connectivity index (χ0n) is 10.1. The molecule has 1 heterocycles. The molecule has 94 valence electrons. The molecular weight excluding hydrogens is 256 g/mol. The first-order valence-electron chi connectivity index (χ1n) is 5.41. The quantitative estimate of drug-likeness (QED) is 0.895. The predicted octanol–water partition coefficient (Wildman–Crippen LogP) is 2.48. The van der Waals surface area contributed by atoms with Gasteiger partial charge in [0.05, 0.1) is 0 Å². The first-order chi connectivity index (χ1) is 7.87. The SMILES string of the molecule is CCC(C)(CC)NS(=O)(=O)c1ccc(C#N)s1. The molecule has 0 aromatic carbocycles. The van der Waals surface area contributed by atoms with E-state index < -0.39 is 15.6 Å². The third-order valence-corrected chi connectivity index (χ3v) is 6.02. The van der Waals surface area contributed by atoms with Crippen molar-refractivity contribution in [1.82, 2.24) is 4.72 Å². The van der Waals surface area contributed by atoms with Gasteiger partial charge in [-0.05, 0) is 31.9 Å². The smallest absolute Gasteiger partial charge is 0.206 e. The maximum atomic E-state index is 12.1. The summed E-state index contributed by atoms with van der Waals surface area (Å²) in [7, 11) is -3.51. The summed E-state index contributed by atoms with van der Waals surface area (Å²) in [4.78, 5) is 0.403. The van der Waals surface area contributed by atoms with Crippen LogP contribution < -0.4 is 4.72 Å². The van der Waals surface area contributed by atoms with Crippen molar-refractivity contribution in [2.24, 2.45) is 0 Å². The highest BCUT2D eigenvalue weighted by Gasteiger charge is 2.28. The second-order valence-corrected chi connectivity index (χ2v) is 7.10. The van der Waals surface area contributed by atoms with Crippen LogP contribution in [0.2, 0.25) is 0 Å². The normalized spacial score (nSPS) is 12.4. The fourth-order valence-corrected chi connectivity index (χ4v) is 3.95. The van der Waals surface area contributed by atoms with Crippen LogP contribution in [0.1, 0.15) is 38.5 Å². The van der Waals surface area contributed by atoms with Gasteiger partial charge in [-0.15, -0.1) is 11.3 Å². The zero-order chi connectivity index (χ0) is 13.1. The van der Waals surface area contributed by atoms with E-state index in [-0.39, 0.29) is 4.21 Å². The Bertz CT molecular complexity index is 522. The molecule has 1 N–H and O–H groups in total. The Morgan fingerprint density at radius 1 is 1.41 bits per heavy atom. The molecule has 0 aliphatic heterocycles. The molecule has 17 heavy (non-hydrogen) atoms. The first-order valence-corrected chi connectivity index (χ1v) is 7.71. The van der Waals surface area contributed by atoms with Gasteiger partial charge in [0.2, 0.25) is 0 Å². The van der Waals surface area contributed by atoms with Gasteiger partial charge < -0.3 is 0 Å². The van der Waals surface area contributed by atoms with Crippen molar-refractivity contribution in [2.45, 2.75) is 43.4 Å². The van der Waals surface area contributed by atoms with Crippen molar-refractivity contribution in [3.05, 3.63) is 17.0 Å². The summed E-state index contributed by atoms with van der Waals surface area (Å²) < 4.78 is 27.1. The van der Waals surface area contributed by atoms with Gasteiger partial charge in [-0.25, -0.2) is 13.1 Å². The van der Waals surface area contributed by atoms with Crippen LogP contribution in [0, 0.1) is 11.3 Å². The maximum absolute atomic E-state index is 12.1. The van der Waals surface area contributed by atoms with Gasteiger partial charge in [-0.2, -0.15) is 5.26 Å². The Hall–Kier alpha value is -0.900. The van der Waals surface area contributed by atoms with Gasteiger partial charge in [0.25, 0.3) is 10.0 Å². The lowest BCUT2D eigenvalue weighted by Gasteiger charge is -2.27. The summed E-state index contributed by atoms with van der Waals surface area (Å²) >= 11 is 0.990. The van der Waals surface area contributed by atoms with E-state index in [4.69, 9.17) is 5.26 Å². The maximum Gasteiger partial charge on any atom is 0.250 e. The number of hydrogen-bond donors (Lipinski definition) is 1. The molecule has 4 nitrogen and oxygen atoms in total. The summed E-state index contributed by atoms with van der Waals surface area (Å²) in [6.07, 6.45) is 1.44. The molecule has 1 rings (SSSR count). The number of nitriles is 1.